The average Bonchev–Trinajstić information content (AvgIpc) is 2.75. The number of benzene rings is 1. The molecule has 0 bridgehead atoms. The van der Waals surface area contributed by atoms with Crippen LogP contribution in [0.3, 0.4) is 0 Å². The molecule has 0 spiro atoms. The molecule has 3 amide bonds. The molecule has 174 valence electrons. The number of anilines is 3. The number of carbonyl (C=O) groups excluding carboxylic acids is 2. The number of carbonyl (C=O) groups is 2. The molecule has 1 aliphatic rings. The van der Waals surface area contributed by atoms with Gasteiger partial charge in [0.15, 0.2) is 0 Å². The second kappa shape index (κ2) is 10.6. The van der Waals surface area contributed by atoms with Crippen LogP contribution in [0.15, 0.2) is 59.0 Å². The maximum atomic E-state index is 12.5. The van der Waals surface area contributed by atoms with Crippen molar-refractivity contribution in [2.75, 3.05) is 29.0 Å². The molecule has 5 N–H and O–H groups in total. The second-order valence-corrected chi connectivity index (χ2v) is 8.33. The number of nitrogens with one attached hydrogen (secondary N) is 3. The number of amides is 3. The van der Waals surface area contributed by atoms with Gasteiger partial charge < -0.3 is 21.3 Å². The predicted molar refractivity (Wildman–Crippen MR) is 132 cm³/mol. The van der Waals surface area contributed by atoms with Crippen LogP contribution < -0.4 is 26.6 Å². The molecule has 33 heavy (non-hydrogen) atoms. The minimum absolute atomic E-state index is 0.00722. The fourth-order valence-corrected chi connectivity index (χ4v) is 3.58. The van der Waals surface area contributed by atoms with E-state index in [-0.39, 0.29) is 11.9 Å². The van der Waals surface area contributed by atoms with Gasteiger partial charge in [-0.15, -0.1) is 0 Å². The minimum Gasteiger partial charge on any atom is -0.397 e. The standard InChI is InChI=1S/C24H31N7O2/c1-15(2)27-23(32)20-7-5-6-8-22(20)30-24(33)29-17(4)28-21-9-10-31(14-16(21)3)19-11-18(25)12-26-13-19/h5-8,11-13,15H,9-10,14,25H2,1-4H3,(H,27,32)(H2,28,29,30,33). The van der Waals surface area contributed by atoms with Crippen LogP contribution in [-0.2, 0) is 0 Å². The maximum absolute atomic E-state index is 12.5. The Labute approximate surface area is 194 Å². The average molecular weight is 450 g/mol. The Balaban J connectivity index is 1.64. The zero-order valence-electron chi connectivity index (χ0n) is 19.5. The molecule has 0 saturated carbocycles. The van der Waals surface area contributed by atoms with Crippen molar-refractivity contribution in [3.8, 4) is 0 Å². The van der Waals surface area contributed by atoms with Crippen molar-refractivity contribution < 1.29 is 9.59 Å². The lowest BCUT2D eigenvalue weighted by Gasteiger charge is -2.30. The summed E-state index contributed by atoms with van der Waals surface area (Å²) in [6.45, 7) is 9.02. The van der Waals surface area contributed by atoms with Gasteiger partial charge in [0.2, 0.25) is 0 Å². The molecule has 0 radical (unpaired) electrons. The number of aromatic nitrogens is 1. The predicted octanol–water partition coefficient (Wildman–Crippen LogP) is 3.53. The van der Waals surface area contributed by atoms with Crippen LogP contribution >= 0.6 is 0 Å². The number of pyridine rings is 1. The molecule has 9 heteroatoms. The van der Waals surface area contributed by atoms with Crippen LogP contribution in [0.1, 0.15) is 44.5 Å². The lowest BCUT2D eigenvalue weighted by Crippen LogP contribution is -2.35. The molecule has 1 aliphatic heterocycles. The summed E-state index contributed by atoms with van der Waals surface area (Å²) in [6, 6.07) is 8.33. The van der Waals surface area contributed by atoms with E-state index in [1.807, 2.05) is 26.8 Å². The Morgan fingerprint density at radius 3 is 2.67 bits per heavy atom. The zero-order chi connectivity index (χ0) is 24.0. The first kappa shape index (κ1) is 23.8. The summed E-state index contributed by atoms with van der Waals surface area (Å²) in [5, 5.41) is 8.33. The van der Waals surface area contributed by atoms with Gasteiger partial charge in [-0.25, -0.2) is 9.79 Å². The maximum Gasteiger partial charge on any atom is 0.324 e. The number of hydrogen-bond acceptors (Lipinski definition) is 6. The fraction of sp³-hybridized carbons (Fsp3) is 0.333. The second-order valence-electron chi connectivity index (χ2n) is 8.33. The van der Waals surface area contributed by atoms with Crippen LogP contribution in [0.5, 0.6) is 0 Å². The number of urea groups is 1. The lowest BCUT2D eigenvalue weighted by molar-refractivity contribution is 0.0944. The molecule has 1 aromatic carbocycles. The molecular formula is C24H31N7O2. The Bertz CT molecular complexity index is 1090. The largest absolute Gasteiger partial charge is 0.397 e. The van der Waals surface area contributed by atoms with Crippen molar-refractivity contribution in [2.24, 2.45) is 4.99 Å². The van der Waals surface area contributed by atoms with Crippen molar-refractivity contribution in [3.63, 3.8) is 0 Å². The number of nitrogen functional groups attached to an aromatic ring is 1. The van der Waals surface area contributed by atoms with E-state index in [1.165, 1.54) is 0 Å². The van der Waals surface area contributed by atoms with E-state index in [0.717, 1.165) is 29.9 Å². The highest BCUT2D eigenvalue weighted by Gasteiger charge is 2.18. The van der Waals surface area contributed by atoms with Gasteiger partial charge in [0.05, 0.1) is 28.8 Å². The number of amidine groups is 1. The summed E-state index contributed by atoms with van der Waals surface area (Å²) in [7, 11) is 0. The smallest absolute Gasteiger partial charge is 0.324 e. The first-order valence-corrected chi connectivity index (χ1v) is 10.9. The number of aliphatic imine (C=N–C) groups is 1. The highest BCUT2D eigenvalue weighted by Crippen LogP contribution is 2.25. The van der Waals surface area contributed by atoms with Gasteiger partial charge in [0.25, 0.3) is 5.91 Å². The van der Waals surface area contributed by atoms with E-state index < -0.39 is 6.03 Å². The van der Waals surface area contributed by atoms with Gasteiger partial charge in [0, 0.05) is 37.4 Å². The van der Waals surface area contributed by atoms with Crippen molar-refractivity contribution >= 4 is 34.8 Å². The SMILES string of the molecule is CC(=NC1=C(C)CN(c2cncc(N)c2)CC1)NC(=O)Nc1ccccc1C(=O)NC(C)C. The van der Waals surface area contributed by atoms with E-state index in [9.17, 15) is 9.59 Å². The summed E-state index contributed by atoms with van der Waals surface area (Å²) in [4.78, 5) is 35.9. The van der Waals surface area contributed by atoms with Crippen molar-refractivity contribution in [2.45, 2.75) is 40.2 Å². The minimum atomic E-state index is -0.456. The third-order valence-corrected chi connectivity index (χ3v) is 5.09. The van der Waals surface area contributed by atoms with E-state index in [0.29, 0.717) is 29.3 Å². The molecule has 0 unspecified atom stereocenters. The van der Waals surface area contributed by atoms with Gasteiger partial charge in [0.1, 0.15) is 5.84 Å². The highest BCUT2D eigenvalue weighted by molar-refractivity contribution is 6.07. The molecule has 1 aromatic heterocycles. The number of nitrogens with zero attached hydrogens (tertiary/aromatic N) is 3. The van der Waals surface area contributed by atoms with E-state index in [2.05, 4.69) is 30.8 Å². The quantitative estimate of drug-likeness (QED) is 0.411. The van der Waals surface area contributed by atoms with Crippen LogP contribution in [0.2, 0.25) is 0 Å². The number of nitrogens with two attached hydrogens (primary N) is 1. The van der Waals surface area contributed by atoms with Crippen LogP contribution in [0.4, 0.5) is 21.9 Å². The summed E-state index contributed by atoms with van der Waals surface area (Å²) in [5.74, 6) is 0.235. The Hall–Kier alpha value is -3.88. The molecular weight excluding hydrogens is 418 g/mol. The summed E-state index contributed by atoms with van der Waals surface area (Å²) < 4.78 is 0. The van der Waals surface area contributed by atoms with Crippen LogP contribution in [0.25, 0.3) is 0 Å². The fourth-order valence-electron chi connectivity index (χ4n) is 3.58. The summed E-state index contributed by atoms with van der Waals surface area (Å²) in [5.41, 5.74) is 10.3. The molecule has 9 nitrogen and oxygen atoms in total. The Morgan fingerprint density at radius 1 is 1.21 bits per heavy atom. The normalized spacial score (nSPS) is 14.3. The molecule has 0 aliphatic carbocycles. The molecule has 2 aromatic rings. The number of hydrogen-bond donors (Lipinski definition) is 4. The third kappa shape index (κ3) is 6.55. The van der Waals surface area contributed by atoms with Gasteiger partial charge in [-0.3, -0.25) is 15.1 Å². The monoisotopic (exact) mass is 449 g/mol. The molecule has 3 rings (SSSR count). The molecule has 0 atom stereocenters. The summed E-state index contributed by atoms with van der Waals surface area (Å²) >= 11 is 0. The third-order valence-electron chi connectivity index (χ3n) is 5.09. The van der Waals surface area contributed by atoms with Gasteiger partial charge in [-0.05, 0) is 51.5 Å². The van der Waals surface area contributed by atoms with Crippen LogP contribution in [-0.4, -0.2) is 41.9 Å². The number of para-hydroxylation sites is 1. The Kier molecular flexibility index (Phi) is 7.66. The molecule has 0 fully saturated rings. The van der Waals surface area contributed by atoms with E-state index >= 15 is 0 Å². The van der Waals surface area contributed by atoms with Crippen LogP contribution in [0, 0.1) is 0 Å². The van der Waals surface area contributed by atoms with Crippen molar-refractivity contribution in [3.05, 3.63) is 59.6 Å². The molecule has 0 saturated heterocycles. The zero-order valence-corrected chi connectivity index (χ0v) is 19.5. The van der Waals surface area contributed by atoms with E-state index in [4.69, 9.17) is 5.73 Å². The van der Waals surface area contributed by atoms with Gasteiger partial charge in [-0.1, -0.05) is 12.1 Å². The number of rotatable bonds is 5. The first-order chi connectivity index (χ1) is 15.7. The topological polar surface area (TPSA) is 125 Å². The van der Waals surface area contributed by atoms with Crippen molar-refractivity contribution in [1.29, 1.82) is 0 Å². The van der Waals surface area contributed by atoms with E-state index in [1.54, 1.807) is 43.6 Å². The van der Waals surface area contributed by atoms with Crippen molar-refractivity contribution in [1.82, 2.24) is 15.6 Å². The lowest BCUT2D eigenvalue weighted by atomic mass is 10.1. The highest BCUT2D eigenvalue weighted by atomic mass is 16.2. The molecule has 2 heterocycles. The van der Waals surface area contributed by atoms with Gasteiger partial charge in [-0.2, -0.15) is 0 Å². The van der Waals surface area contributed by atoms with Gasteiger partial charge >= 0.3 is 6.03 Å². The first-order valence-electron chi connectivity index (χ1n) is 10.9. The Morgan fingerprint density at radius 2 is 1.97 bits per heavy atom. The summed E-state index contributed by atoms with van der Waals surface area (Å²) in [6.07, 6.45) is 4.16.